The van der Waals surface area contributed by atoms with Crippen LogP contribution < -0.4 is 9.80 Å². The fraction of sp³-hybridized carbons (Fsp3) is 0.522. The van der Waals surface area contributed by atoms with Gasteiger partial charge in [0.25, 0.3) is 0 Å². The van der Waals surface area contributed by atoms with Crippen molar-refractivity contribution in [3.8, 4) is 0 Å². The fourth-order valence-corrected chi connectivity index (χ4v) is 5.21. The highest BCUT2D eigenvalue weighted by atomic mass is 19.4. The number of aromatic nitrogens is 5. The van der Waals surface area contributed by atoms with Crippen LogP contribution in [0.3, 0.4) is 0 Å². The third-order valence-corrected chi connectivity index (χ3v) is 7.45. The molecular formula is C23H24F3N7O2. The van der Waals surface area contributed by atoms with Crippen molar-refractivity contribution >= 4 is 28.6 Å². The molecule has 9 nitrogen and oxygen atoms in total. The van der Waals surface area contributed by atoms with Crippen molar-refractivity contribution in [2.24, 2.45) is 5.41 Å². The SMILES string of the molecule is Cc1nn(C2COC2)c2nc(N3CCC4(CC3)CCN(c3ccc(C(F)(F)F)nc3)C4=O)ncc12. The summed E-state index contributed by atoms with van der Waals surface area (Å²) in [4.78, 5) is 29.9. The van der Waals surface area contributed by atoms with E-state index in [9.17, 15) is 18.0 Å². The number of fused-ring (bicyclic) bond motifs is 1. The molecule has 6 rings (SSSR count). The number of halogens is 3. The van der Waals surface area contributed by atoms with Gasteiger partial charge < -0.3 is 14.5 Å². The first kappa shape index (κ1) is 22.2. The predicted molar refractivity (Wildman–Crippen MR) is 120 cm³/mol. The second kappa shape index (κ2) is 7.87. The van der Waals surface area contributed by atoms with Gasteiger partial charge in [0.2, 0.25) is 11.9 Å². The minimum atomic E-state index is -4.51. The number of amides is 1. The Morgan fingerprint density at radius 1 is 1.06 bits per heavy atom. The summed E-state index contributed by atoms with van der Waals surface area (Å²) in [5, 5.41) is 5.54. The average molecular weight is 487 g/mol. The van der Waals surface area contributed by atoms with Gasteiger partial charge in [0.05, 0.1) is 41.6 Å². The number of anilines is 2. The Labute approximate surface area is 198 Å². The number of rotatable bonds is 3. The third kappa shape index (κ3) is 3.62. The summed E-state index contributed by atoms with van der Waals surface area (Å²) in [5.41, 5.74) is 0.587. The van der Waals surface area contributed by atoms with E-state index in [0.29, 0.717) is 63.7 Å². The summed E-state index contributed by atoms with van der Waals surface area (Å²) in [6.45, 7) is 4.89. The predicted octanol–water partition coefficient (Wildman–Crippen LogP) is 3.14. The van der Waals surface area contributed by atoms with Crippen LogP contribution in [0.5, 0.6) is 0 Å². The number of hydrogen-bond acceptors (Lipinski definition) is 7. The molecule has 3 aromatic rings. The molecular weight excluding hydrogens is 463 g/mol. The first-order valence-electron chi connectivity index (χ1n) is 11.6. The number of carbonyl (C=O) groups is 1. The summed E-state index contributed by atoms with van der Waals surface area (Å²) in [6.07, 6.45) is 0.360. The zero-order valence-electron chi connectivity index (χ0n) is 19.1. The molecule has 1 spiro atoms. The molecule has 0 N–H and O–H groups in total. The van der Waals surface area contributed by atoms with Crippen molar-refractivity contribution < 1.29 is 22.7 Å². The van der Waals surface area contributed by atoms with Crippen molar-refractivity contribution in [1.82, 2.24) is 24.7 Å². The molecule has 0 unspecified atom stereocenters. The fourth-order valence-electron chi connectivity index (χ4n) is 5.21. The molecule has 0 bridgehead atoms. The molecule has 0 atom stereocenters. The highest BCUT2D eigenvalue weighted by Crippen LogP contribution is 2.44. The van der Waals surface area contributed by atoms with Gasteiger partial charge in [-0.25, -0.2) is 14.6 Å². The molecule has 1 amide bonds. The van der Waals surface area contributed by atoms with E-state index < -0.39 is 17.3 Å². The van der Waals surface area contributed by atoms with Crippen LogP contribution in [0.2, 0.25) is 0 Å². The normalized spacial score (nSPS) is 20.7. The molecule has 3 fully saturated rings. The van der Waals surface area contributed by atoms with E-state index in [1.165, 1.54) is 6.07 Å². The second-order valence-corrected chi connectivity index (χ2v) is 9.50. The Hall–Kier alpha value is -3.28. The van der Waals surface area contributed by atoms with Crippen LogP contribution >= 0.6 is 0 Å². The standard InChI is InChI=1S/C23H24F3N7O2/c1-14-17-11-28-21(29-19(17)33(30-14)16-12-35-13-16)31-7-4-22(5-8-31)6-9-32(20(22)34)15-2-3-18(27-10-15)23(24,25)26/h2-3,10-11,16H,4-9,12-13H2,1H3. The van der Waals surface area contributed by atoms with Gasteiger partial charge in [-0.3, -0.25) is 4.79 Å². The number of ether oxygens (including phenoxy) is 1. The van der Waals surface area contributed by atoms with Crippen LogP contribution in [0.25, 0.3) is 11.0 Å². The summed E-state index contributed by atoms with van der Waals surface area (Å²) >= 11 is 0. The Kier molecular flexibility index (Phi) is 4.99. The Balaban J connectivity index is 1.17. The largest absolute Gasteiger partial charge is 0.433 e. The van der Waals surface area contributed by atoms with E-state index in [4.69, 9.17) is 9.72 Å². The molecule has 3 aliphatic heterocycles. The lowest BCUT2D eigenvalue weighted by Crippen LogP contribution is -2.45. The monoisotopic (exact) mass is 487 g/mol. The number of piperidine rings is 1. The summed E-state index contributed by atoms with van der Waals surface area (Å²) in [5.74, 6) is 0.566. The van der Waals surface area contributed by atoms with E-state index in [-0.39, 0.29) is 11.9 Å². The van der Waals surface area contributed by atoms with Crippen molar-refractivity contribution in [3.63, 3.8) is 0 Å². The van der Waals surface area contributed by atoms with Crippen molar-refractivity contribution in [2.75, 3.05) is 42.6 Å². The summed E-state index contributed by atoms with van der Waals surface area (Å²) in [7, 11) is 0. The van der Waals surface area contributed by atoms with E-state index in [2.05, 4.69) is 20.0 Å². The molecule has 3 aromatic heterocycles. The molecule has 3 aliphatic rings. The van der Waals surface area contributed by atoms with Crippen LogP contribution in [0.4, 0.5) is 24.8 Å². The van der Waals surface area contributed by atoms with Gasteiger partial charge in [-0.1, -0.05) is 0 Å². The van der Waals surface area contributed by atoms with Gasteiger partial charge in [0.1, 0.15) is 11.7 Å². The zero-order chi connectivity index (χ0) is 24.4. The van der Waals surface area contributed by atoms with Gasteiger partial charge in [-0.2, -0.15) is 23.3 Å². The number of alkyl halides is 3. The van der Waals surface area contributed by atoms with E-state index in [1.54, 1.807) is 11.1 Å². The molecule has 3 saturated heterocycles. The number of nitrogens with zero attached hydrogens (tertiary/aromatic N) is 7. The molecule has 0 aliphatic carbocycles. The number of carbonyl (C=O) groups excluding carboxylic acids is 1. The van der Waals surface area contributed by atoms with Crippen LogP contribution in [-0.2, 0) is 15.7 Å². The third-order valence-electron chi connectivity index (χ3n) is 7.45. The lowest BCUT2D eigenvalue weighted by Gasteiger charge is -2.38. The van der Waals surface area contributed by atoms with Crippen molar-refractivity contribution in [2.45, 2.75) is 38.4 Å². The second-order valence-electron chi connectivity index (χ2n) is 9.50. The minimum absolute atomic E-state index is 0.0474. The molecule has 0 radical (unpaired) electrons. The van der Waals surface area contributed by atoms with E-state index in [1.807, 2.05) is 11.6 Å². The Morgan fingerprint density at radius 3 is 2.43 bits per heavy atom. The minimum Gasteiger partial charge on any atom is -0.377 e. The number of aryl methyl sites for hydroxylation is 1. The zero-order valence-corrected chi connectivity index (χ0v) is 19.1. The van der Waals surface area contributed by atoms with Gasteiger partial charge in [-0.15, -0.1) is 0 Å². The van der Waals surface area contributed by atoms with Crippen molar-refractivity contribution in [1.29, 1.82) is 0 Å². The molecule has 35 heavy (non-hydrogen) atoms. The van der Waals surface area contributed by atoms with Crippen LogP contribution in [0, 0.1) is 12.3 Å². The summed E-state index contributed by atoms with van der Waals surface area (Å²) < 4.78 is 45.7. The molecule has 6 heterocycles. The number of hydrogen-bond donors (Lipinski definition) is 0. The Bertz CT molecular complexity index is 1280. The maximum Gasteiger partial charge on any atom is 0.433 e. The number of pyridine rings is 1. The molecule has 184 valence electrons. The van der Waals surface area contributed by atoms with Crippen LogP contribution in [-0.4, -0.2) is 63.5 Å². The highest BCUT2D eigenvalue weighted by Gasteiger charge is 2.49. The maximum absolute atomic E-state index is 13.3. The van der Waals surface area contributed by atoms with Crippen LogP contribution in [0.1, 0.15) is 36.7 Å². The first-order chi connectivity index (χ1) is 16.7. The average Bonchev–Trinajstić information content (AvgIpc) is 3.29. The first-order valence-corrected chi connectivity index (χ1v) is 11.6. The van der Waals surface area contributed by atoms with Gasteiger partial charge in [0.15, 0.2) is 5.65 Å². The summed E-state index contributed by atoms with van der Waals surface area (Å²) in [6, 6.07) is 2.43. The van der Waals surface area contributed by atoms with Gasteiger partial charge in [0, 0.05) is 25.8 Å². The quantitative estimate of drug-likeness (QED) is 0.561. The topological polar surface area (TPSA) is 89.3 Å². The van der Waals surface area contributed by atoms with E-state index >= 15 is 0 Å². The van der Waals surface area contributed by atoms with E-state index in [0.717, 1.165) is 29.0 Å². The lowest BCUT2D eigenvalue weighted by atomic mass is 9.77. The van der Waals surface area contributed by atoms with Gasteiger partial charge in [-0.05, 0) is 38.3 Å². The maximum atomic E-state index is 13.3. The van der Waals surface area contributed by atoms with Crippen LogP contribution in [0.15, 0.2) is 24.5 Å². The molecule has 0 saturated carbocycles. The highest BCUT2D eigenvalue weighted by molar-refractivity contribution is 6.00. The Morgan fingerprint density at radius 2 is 1.80 bits per heavy atom. The molecule has 12 heteroatoms. The van der Waals surface area contributed by atoms with Crippen molar-refractivity contribution in [3.05, 3.63) is 35.9 Å². The van der Waals surface area contributed by atoms with Gasteiger partial charge >= 0.3 is 6.18 Å². The lowest BCUT2D eigenvalue weighted by molar-refractivity contribution is -0.141. The molecule has 0 aromatic carbocycles. The smallest absolute Gasteiger partial charge is 0.377 e.